The second-order valence-electron chi connectivity index (χ2n) is 4.58. The number of carbonyl (C=O) groups is 1. The number of aromatic nitrogens is 1. The zero-order valence-corrected chi connectivity index (χ0v) is 12.6. The Kier molecular flexibility index (Phi) is 5.12. The molecule has 1 aromatic heterocycles. The molecule has 2 aromatic rings. The van der Waals surface area contributed by atoms with E-state index in [2.05, 4.69) is 22.5 Å². The van der Waals surface area contributed by atoms with Crippen molar-refractivity contribution in [1.82, 2.24) is 10.3 Å². The van der Waals surface area contributed by atoms with Crippen LogP contribution in [0.1, 0.15) is 34.3 Å². The van der Waals surface area contributed by atoms with Gasteiger partial charge in [0, 0.05) is 23.8 Å². The van der Waals surface area contributed by atoms with E-state index in [1.165, 1.54) is 11.3 Å². The molecule has 0 atom stereocenters. The summed E-state index contributed by atoms with van der Waals surface area (Å²) in [6.45, 7) is 5.45. The fraction of sp³-hybridized carbons (Fsp3) is 0.333. The van der Waals surface area contributed by atoms with Crippen molar-refractivity contribution in [2.24, 2.45) is 0 Å². The number of amides is 1. The Labute approximate surface area is 123 Å². The number of hydrogen-bond donors (Lipinski definition) is 2. The van der Waals surface area contributed by atoms with Crippen LogP contribution in [0.2, 0.25) is 0 Å². The van der Waals surface area contributed by atoms with Gasteiger partial charge in [-0.3, -0.25) is 4.79 Å². The van der Waals surface area contributed by atoms with Crippen molar-refractivity contribution in [3.63, 3.8) is 0 Å². The largest absolute Gasteiger partial charge is 0.384 e. The molecule has 0 saturated heterocycles. The van der Waals surface area contributed by atoms with Gasteiger partial charge in [0.15, 0.2) is 0 Å². The number of carbonyl (C=O) groups excluding carboxylic acids is 1. The van der Waals surface area contributed by atoms with Crippen LogP contribution in [-0.2, 0) is 6.54 Å². The summed E-state index contributed by atoms with van der Waals surface area (Å²) >= 11 is 1.54. The van der Waals surface area contributed by atoms with Crippen LogP contribution >= 0.6 is 11.3 Å². The zero-order valence-electron chi connectivity index (χ0n) is 11.8. The summed E-state index contributed by atoms with van der Waals surface area (Å²) in [4.78, 5) is 16.4. The van der Waals surface area contributed by atoms with Gasteiger partial charge in [-0.1, -0.05) is 13.0 Å². The molecule has 0 radical (unpaired) electrons. The van der Waals surface area contributed by atoms with E-state index in [1.807, 2.05) is 30.5 Å². The molecule has 1 amide bonds. The molecule has 0 aliphatic heterocycles. The number of thiazole rings is 1. The predicted molar refractivity (Wildman–Crippen MR) is 83.2 cm³/mol. The maximum absolute atomic E-state index is 12.3. The molecule has 0 spiro atoms. The van der Waals surface area contributed by atoms with E-state index in [9.17, 15) is 4.79 Å². The average molecular weight is 289 g/mol. The second kappa shape index (κ2) is 7.05. The van der Waals surface area contributed by atoms with Gasteiger partial charge in [0.1, 0.15) is 5.01 Å². The number of nitrogens with zero attached hydrogens (tertiary/aromatic N) is 1. The standard InChI is InChI=1S/C15H19N3OS/c1-3-6-16-13-9-11(2)4-5-12(13)15(19)18-10-14-17-7-8-20-14/h4-5,7-9,16H,3,6,10H2,1-2H3,(H,18,19). The van der Waals surface area contributed by atoms with Gasteiger partial charge >= 0.3 is 0 Å². The van der Waals surface area contributed by atoms with Crippen LogP contribution in [-0.4, -0.2) is 17.4 Å². The summed E-state index contributed by atoms with van der Waals surface area (Å²) in [5, 5.41) is 9.03. The topological polar surface area (TPSA) is 54.0 Å². The Balaban J connectivity index is 2.07. The third kappa shape index (κ3) is 3.81. The smallest absolute Gasteiger partial charge is 0.253 e. The van der Waals surface area contributed by atoms with Crippen LogP contribution < -0.4 is 10.6 Å². The van der Waals surface area contributed by atoms with Crippen LogP contribution in [0.15, 0.2) is 29.8 Å². The third-order valence-electron chi connectivity index (χ3n) is 2.87. The number of nitrogens with one attached hydrogen (secondary N) is 2. The number of anilines is 1. The fourth-order valence-electron chi connectivity index (χ4n) is 1.85. The Bertz CT molecular complexity index is 567. The van der Waals surface area contributed by atoms with Gasteiger partial charge < -0.3 is 10.6 Å². The summed E-state index contributed by atoms with van der Waals surface area (Å²) in [5.74, 6) is -0.0706. The van der Waals surface area contributed by atoms with Crippen molar-refractivity contribution in [2.45, 2.75) is 26.8 Å². The lowest BCUT2D eigenvalue weighted by atomic mass is 10.1. The van der Waals surface area contributed by atoms with E-state index in [4.69, 9.17) is 0 Å². The van der Waals surface area contributed by atoms with Crippen LogP contribution in [0, 0.1) is 6.92 Å². The molecule has 0 fully saturated rings. The maximum atomic E-state index is 12.3. The Morgan fingerprint density at radius 1 is 1.40 bits per heavy atom. The van der Waals surface area contributed by atoms with E-state index >= 15 is 0 Å². The highest BCUT2D eigenvalue weighted by Gasteiger charge is 2.11. The molecular weight excluding hydrogens is 270 g/mol. The highest BCUT2D eigenvalue weighted by Crippen LogP contribution is 2.18. The van der Waals surface area contributed by atoms with Crippen LogP contribution in [0.4, 0.5) is 5.69 Å². The molecule has 0 bridgehead atoms. The van der Waals surface area contributed by atoms with E-state index in [1.54, 1.807) is 6.20 Å². The van der Waals surface area contributed by atoms with E-state index in [-0.39, 0.29) is 5.91 Å². The minimum atomic E-state index is -0.0706. The van der Waals surface area contributed by atoms with Crippen molar-refractivity contribution >= 4 is 22.9 Å². The molecule has 1 heterocycles. The number of aryl methyl sites for hydroxylation is 1. The molecule has 0 unspecified atom stereocenters. The maximum Gasteiger partial charge on any atom is 0.253 e. The first-order valence-electron chi connectivity index (χ1n) is 6.71. The Morgan fingerprint density at radius 2 is 2.25 bits per heavy atom. The molecular formula is C15H19N3OS. The first-order chi connectivity index (χ1) is 9.70. The molecule has 4 nitrogen and oxygen atoms in total. The molecule has 2 N–H and O–H groups in total. The third-order valence-corrected chi connectivity index (χ3v) is 3.65. The lowest BCUT2D eigenvalue weighted by Gasteiger charge is -2.12. The van der Waals surface area contributed by atoms with Gasteiger partial charge in [-0.15, -0.1) is 11.3 Å². The van der Waals surface area contributed by atoms with Crippen LogP contribution in [0.25, 0.3) is 0 Å². The van der Waals surface area contributed by atoms with Gasteiger partial charge in [0.2, 0.25) is 0 Å². The normalized spacial score (nSPS) is 10.3. The highest BCUT2D eigenvalue weighted by atomic mass is 32.1. The molecule has 0 saturated carbocycles. The molecule has 0 aliphatic rings. The number of rotatable bonds is 6. The molecule has 20 heavy (non-hydrogen) atoms. The van der Waals surface area contributed by atoms with Crippen LogP contribution in [0.3, 0.4) is 0 Å². The monoisotopic (exact) mass is 289 g/mol. The summed E-state index contributed by atoms with van der Waals surface area (Å²) in [5.41, 5.74) is 2.71. The Hall–Kier alpha value is -1.88. The first-order valence-corrected chi connectivity index (χ1v) is 7.59. The van der Waals surface area contributed by atoms with Gasteiger partial charge in [-0.25, -0.2) is 4.98 Å². The lowest BCUT2D eigenvalue weighted by Crippen LogP contribution is -2.24. The van der Waals surface area contributed by atoms with Gasteiger partial charge in [-0.05, 0) is 31.0 Å². The molecule has 106 valence electrons. The van der Waals surface area contributed by atoms with Crippen molar-refractivity contribution in [1.29, 1.82) is 0 Å². The van der Waals surface area contributed by atoms with E-state index < -0.39 is 0 Å². The van der Waals surface area contributed by atoms with E-state index in [0.717, 1.165) is 29.2 Å². The fourth-order valence-corrected chi connectivity index (χ4v) is 2.41. The Morgan fingerprint density at radius 3 is 2.95 bits per heavy atom. The predicted octanol–water partition coefficient (Wildman–Crippen LogP) is 3.20. The van der Waals surface area contributed by atoms with Gasteiger partial charge in [-0.2, -0.15) is 0 Å². The molecule has 5 heteroatoms. The average Bonchev–Trinajstić information content (AvgIpc) is 2.96. The summed E-state index contributed by atoms with van der Waals surface area (Å²) in [6, 6.07) is 5.83. The number of benzene rings is 1. The minimum Gasteiger partial charge on any atom is -0.384 e. The number of hydrogen-bond acceptors (Lipinski definition) is 4. The summed E-state index contributed by atoms with van der Waals surface area (Å²) in [6.07, 6.45) is 2.76. The van der Waals surface area contributed by atoms with Gasteiger partial charge in [0.05, 0.1) is 12.1 Å². The second-order valence-corrected chi connectivity index (χ2v) is 5.56. The summed E-state index contributed by atoms with van der Waals surface area (Å²) in [7, 11) is 0. The first kappa shape index (κ1) is 14.5. The molecule has 2 rings (SSSR count). The van der Waals surface area contributed by atoms with Crippen molar-refractivity contribution in [2.75, 3.05) is 11.9 Å². The van der Waals surface area contributed by atoms with Crippen molar-refractivity contribution < 1.29 is 4.79 Å². The molecule has 0 aliphatic carbocycles. The van der Waals surface area contributed by atoms with Gasteiger partial charge in [0.25, 0.3) is 5.91 Å². The summed E-state index contributed by atoms with van der Waals surface area (Å²) < 4.78 is 0. The zero-order chi connectivity index (χ0) is 14.4. The minimum absolute atomic E-state index is 0.0706. The molecule has 1 aromatic carbocycles. The lowest BCUT2D eigenvalue weighted by molar-refractivity contribution is 0.0951. The van der Waals surface area contributed by atoms with Crippen LogP contribution in [0.5, 0.6) is 0 Å². The highest BCUT2D eigenvalue weighted by molar-refractivity contribution is 7.09. The van der Waals surface area contributed by atoms with Crippen molar-refractivity contribution in [3.8, 4) is 0 Å². The quantitative estimate of drug-likeness (QED) is 0.858. The van der Waals surface area contributed by atoms with E-state index in [0.29, 0.717) is 12.1 Å². The SMILES string of the molecule is CCCNc1cc(C)ccc1C(=O)NCc1nccs1. The van der Waals surface area contributed by atoms with Crippen molar-refractivity contribution in [3.05, 3.63) is 45.9 Å².